The molecule has 0 amide bonds. The SMILES string of the molecule is Cc1c(OCc2cccc(-c3cccc(C(=O)O)c3)c2)ccc(C(=O)CCC(C)(C)C)c1O. The summed E-state index contributed by atoms with van der Waals surface area (Å²) < 4.78 is 5.94. The molecular weight excluding hydrogens is 416 g/mol. The van der Waals surface area contributed by atoms with Crippen LogP contribution in [0, 0.1) is 12.3 Å². The van der Waals surface area contributed by atoms with Gasteiger partial charge < -0.3 is 14.9 Å². The zero-order valence-corrected chi connectivity index (χ0v) is 19.5. The Morgan fingerprint density at radius 1 is 0.939 bits per heavy atom. The van der Waals surface area contributed by atoms with E-state index in [1.807, 2.05) is 30.3 Å². The van der Waals surface area contributed by atoms with Gasteiger partial charge in [0.15, 0.2) is 5.78 Å². The van der Waals surface area contributed by atoms with Gasteiger partial charge in [-0.1, -0.05) is 51.1 Å². The van der Waals surface area contributed by atoms with Crippen LogP contribution < -0.4 is 4.74 Å². The van der Waals surface area contributed by atoms with Crippen LogP contribution in [0.2, 0.25) is 0 Å². The quantitative estimate of drug-likeness (QED) is 0.378. The second-order valence-electron chi connectivity index (χ2n) is 9.44. The van der Waals surface area contributed by atoms with Crippen molar-refractivity contribution in [3.63, 3.8) is 0 Å². The molecule has 0 saturated heterocycles. The van der Waals surface area contributed by atoms with Crippen LogP contribution in [0.25, 0.3) is 11.1 Å². The summed E-state index contributed by atoms with van der Waals surface area (Å²) in [6.45, 7) is 8.25. The molecule has 0 fully saturated rings. The molecule has 0 aliphatic heterocycles. The van der Waals surface area contributed by atoms with Crippen molar-refractivity contribution in [2.24, 2.45) is 5.41 Å². The molecule has 0 heterocycles. The van der Waals surface area contributed by atoms with E-state index in [1.54, 1.807) is 37.3 Å². The van der Waals surface area contributed by atoms with Crippen molar-refractivity contribution in [1.29, 1.82) is 0 Å². The zero-order chi connectivity index (χ0) is 24.2. The van der Waals surface area contributed by atoms with Gasteiger partial charge in [0.1, 0.15) is 18.1 Å². The molecule has 0 aliphatic carbocycles. The number of hydrogen-bond acceptors (Lipinski definition) is 4. The summed E-state index contributed by atoms with van der Waals surface area (Å²) in [6.07, 6.45) is 1.13. The van der Waals surface area contributed by atoms with Crippen molar-refractivity contribution in [3.05, 3.63) is 82.9 Å². The lowest BCUT2D eigenvalue weighted by Crippen LogP contribution is -2.09. The molecule has 3 rings (SSSR count). The van der Waals surface area contributed by atoms with Crippen molar-refractivity contribution >= 4 is 11.8 Å². The molecule has 0 bridgehead atoms. The van der Waals surface area contributed by atoms with Crippen molar-refractivity contribution in [3.8, 4) is 22.6 Å². The van der Waals surface area contributed by atoms with E-state index in [2.05, 4.69) is 20.8 Å². The van der Waals surface area contributed by atoms with Crippen LogP contribution >= 0.6 is 0 Å². The van der Waals surface area contributed by atoms with Gasteiger partial charge in [-0.25, -0.2) is 4.79 Å². The summed E-state index contributed by atoms with van der Waals surface area (Å²) in [5, 5.41) is 19.8. The summed E-state index contributed by atoms with van der Waals surface area (Å²) in [4.78, 5) is 23.8. The Morgan fingerprint density at radius 2 is 1.61 bits per heavy atom. The number of phenolic OH excluding ortho intramolecular Hbond substituents is 1. The number of carbonyl (C=O) groups excluding carboxylic acids is 1. The van der Waals surface area contributed by atoms with Gasteiger partial charge in [-0.2, -0.15) is 0 Å². The minimum atomic E-state index is -0.966. The fourth-order valence-electron chi connectivity index (χ4n) is 3.52. The first-order valence-electron chi connectivity index (χ1n) is 11.0. The molecule has 0 atom stereocenters. The van der Waals surface area contributed by atoms with Crippen LogP contribution in [0.4, 0.5) is 0 Å². The maximum atomic E-state index is 12.6. The van der Waals surface area contributed by atoms with Crippen LogP contribution in [-0.4, -0.2) is 22.0 Å². The van der Waals surface area contributed by atoms with E-state index in [-0.39, 0.29) is 29.1 Å². The summed E-state index contributed by atoms with van der Waals surface area (Å²) in [5.41, 5.74) is 3.73. The molecule has 0 saturated carbocycles. The smallest absolute Gasteiger partial charge is 0.335 e. The average Bonchev–Trinajstić information content (AvgIpc) is 2.78. The van der Waals surface area contributed by atoms with Crippen molar-refractivity contribution < 1.29 is 24.5 Å². The Labute approximate surface area is 194 Å². The Hall–Kier alpha value is -3.60. The van der Waals surface area contributed by atoms with Gasteiger partial charge in [0.05, 0.1) is 11.1 Å². The topological polar surface area (TPSA) is 83.8 Å². The number of phenols is 1. The highest BCUT2D eigenvalue weighted by atomic mass is 16.5. The van der Waals surface area contributed by atoms with Crippen LogP contribution in [0.5, 0.6) is 11.5 Å². The van der Waals surface area contributed by atoms with Crippen molar-refractivity contribution in [2.75, 3.05) is 0 Å². The van der Waals surface area contributed by atoms with Crippen LogP contribution in [-0.2, 0) is 6.61 Å². The molecule has 5 heteroatoms. The maximum absolute atomic E-state index is 12.6. The van der Waals surface area contributed by atoms with Gasteiger partial charge in [0, 0.05) is 12.0 Å². The van der Waals surface area contributed by atoms with E-state index in [4.69, 9.17) is 4.74 Å². The second-order valence-corrected chi connectivity index (χ2v) is 9.44. The Balaban J connectivity index is 1.73. The normalized spacial score (nSPS) is 11.3. The number of ether oxygens (including phenoxy) is 1. The molecule has 5 nitrogen and oxygen atoms in total. The number of rotatable bonds is 8. The van der Waals surface area contributed by atoms with Gasteiger partial charge in [0.25, 0.3) is 0 Å². The molecule has 33 heavy (non-hydrogen) atoms. The zero-order valence-electron chi connectivity index (χ0n) is 19.5. The lowest BCUT2D eigenvalue weighted by Gasteiger charge is -2.18. The fraction of sp³-hybridized carbons (Fsp3) is 0.286. The Kier molecular flexibility index (Phi) is 7.22. The number of hydrogen-bond donors (Lipinski definition) is 2. The lowest BCUT2D eigenvalue weighted by molar-refractivity contribution is 0.0696. The van der Waals surface area contributed by atoms with Gasteiger partial charge in [0.2, 0.25) is 0 Å². The molecule has 3 aromatic carbocycles. The summed E-state index contributed by atoms with van der Waals surface area (Å²) in [7, 11) is 0. The average molecular weight is 447 g/mol. The van der Waals surface area contributed by atoms with E-state index in [1.165, 1.54) is 0 Å². The summed E-state index contributed by atoms with van der Waals surface area (Å²) in [5.74, 6) is -0.566. The fourth-order valence-corrected chi connectivity index (χ4v) is 3.52. The molecule has 0 aromatic heterocycles. The number of carboxylic acids is 1. The predicted molar refractivity (Wildman–Crippen MR) is 129 cm³/mol. The van der Waals surface area contributed by atoms with Gasteiger partial charge in [-0.3, -0.25) is 4.79 Å². The molecular formula is C28H30O5. The highest BCUT2D eigenvalue weighted by Gasteiger charge is 2.19. The van der Waals surface area contributed by atoms with Gasteiger partial charge in [-0.05, 0) is 65.8 Å². The molecule has 3 aromatic rings. The molecule has 0 spiro atoms. The largest absolute Gasteiger partial charge is 0.507 e. The second kappa shape index (κ2) is 9.90. The van der Waals surface area contributed by atoms with E-state index in [9.17, 15) is 19.8 Å². The third kappa shape index (κ3) is 6.22. The number of Topliss-reactive ketones (excluding diaryl/α,β-unsaturated/α-hetero) is 1. The third-order valence-electron chi connectivity index (χ3n) is 5.55. The maximum Gasteiger partial charge on any atom is 0.335 e. The molecule has 0 unspecified atom stereocenters. The molecule has 0 radical (unpaired) electrons. The summed E-state index contributed by atoms with van der Waals surface area (Å²) in [6, 6.07) is 17.8. The first kappa shape index (κ1) is 24.1. The van der Waals surface area contributed by atoms with Gasteiger partial charge >= 0.3 is 5.97 Å². The first-order valence-corrected chi connectivity index (χ1v) is 11.0. The number of aromatic carboxylic acids is 1. The van der Waals surface area contributed by atoms with Crippen LogP contribution in [0.15, 0.2) is 60.7 Å². The summed E-state index contributed by atoms with van der Waals surface area (Å²) >= 11 is 0. The number of aromatic hydroxyl groups is 1. The highest BCUT2D eigenvalue weighted by Crippen LogP contribution is 2.33. The van der Waals surface area contributed by atoms with E-state index < -0.39 is 5.97 Å². The standard InChI is InChI=1S/C28H30O5/c1-18-25(12-11-23(26(18)30)24(29)13-14-28(2,3)4)33-17-19-7-5-8-20(15-19)21-9-6-10-22(16-21)27(31)32/h5-12,15-16,30H,13-14,17H2,1-4H3,(H,31,32). The monoisotopic (exact) mass is 446 g/mol. The molecule has 0 aliphatic rings. The minimum Gasteiger partial charge on any atom is -0.507 e. The highest BCUT2D eigenvalue weighted by molar-refractivity contribution is 5.99. The van der Waals surface area contributed by atoms with E-state index >= 15 is 0 Å². The molecule has 172 valence electrons. The van der Waals surface area contributed by atoms with Crippen LogP contribution in [0.3, 0.4) is 0 Å². The Bertz CT molecular complexity index is 1170. The number of benzene rings is 3. The number of ketones is 1. The van der Waals surface area contributed by atoms with Crippen LogP contribution in [0.1, 0.15) is 65.5 Å². The number of carbonyl (C=O) groups is 2. The van der Waals surface area contributed by atoms with E-state index in [0.29, 0.717) is 23.3 Å². The minimum absolute atomic E-state index is 0.0364. The molecule has 2 N–H and O–H groups in total. The van der Waals surface area contributed by atoms with Crippen molar-refractivity contribution in [2.45, 2.75) is 47.1 Å². The number of carboxylic acid groups (broad SMARTS) is 1. The Morgan fingerprint density at radius 3 is 2.27 bits per heavy atom. The predicted octanol–water partition coefficient (Wildman–Crippen LogP) is 6.65. The third-order valence-corrected chi connectivity index (χ3v) is 5.55. The lowest BCUT2D eigenvalue weighted by atomic mass is 9.88. The van der Waals surface area contributed by atoms with Gasteiger partial charge in [-0.15, -0.1) is 0 Å². The first-order chi connectivity index (χ1) is 15.5. The van der Waals surface area contributed by atoms with Crippen molar-refractivity contribution in [1.82, 2.24) is 0 Å². The van der Waals surface area contributed by atoms with E-state index in [0.717, 1.165) is 23.1 Å².